The van der Waals surface area contributed by atoms with Gasteiger partial charge in [-0.15, -0.1) is 0 Å². The van der Waals surface area contributed by atoms with E-state index in [-0.39, 0.29) is 11.6 Å². The van der Waals surface area contributed by atoms with Gasteiger partial charge in [-0.3, -0.25) is 0 Å². The van der Waals surface area contributed by atoms with E-state index in [1.807, 2.05) is 19.1 Å². The van der Waals surface area contributed by atoms with Crippen LogP contribution in [0.5, 0.6) is 5.75 Å². The fourth-order valence-electron chi connectivity index (χ4n) is 1.25. The highest BCUT2D eigenvalue weighted by atomic mass is 19.1. The van der Waals surface area contributed by atoms with E-state index in [0.717, 1.165) is 5.56 Å². The van der Waals surface area contributed by atoms with Gasteiger partial charge in [-0.1, -0.05) is 18.2 Å². The third-order valence-corrected chi connectivity index (χ3v) is 1.97. The molecule has 0 saturated heterocycles. The minimum Gasteiger partial charge on any atom is -0.491 e. The highest BCUT2D eigenvalue weighted by Crippen LogP contribution is 2.19. The Labute approximate surface area is 94.6 Å². The number of rotatable bonds is 6. The Bertz CT molecular complexity index is 353. The Morgan fingerprint density at radius 3 is 2.88 bits per heavy atom. The lowest BCUT2D eigenvalue weighted by atomic mass is 10.2. The molecular formula is C12H16FNO2. The average molecular weight is 225 g/mol. The largest absolute Gasteiger partial charge is 0.491 e. The molecule has 0 saturated carbocycles. The van der Waals surface area contributed by atoms with E-state index in [4.69, 9.17) is 10.6 Å². The van der Waals surface area contributed by atoms with Crippen LogP contribution in [-0.2, 0) is 4.84 Å². The quantitative estimate of drug-likeness (QED) is 0.597. The third kappa shape index (κ3) is 4.00. The van der Waals surface area contributed by atoms with Crippen molar-refractivity contribution in [1.82, 2.24) is 0 Å². The van der Waals surface area contributed by atoms with Crippen molar-refractivity contribution in [3.63, 3.8) is 0 Å². The molecule has 0 aliphatic heterocycles. The van der Waals surface area contributed by atoms with Crippen molar-refractivity contribution in [1.29, 1.82) is 0 Å². The SMILES string of the molecule is CCOc1ccc(/C=C/CCON)cc1F. The van der Waals surface area contributed by atoms with E-state index in [9.17, 15) is 4.39 Å². The van der Waals surface area contributed by atoms with Crippen LogP contribution < -0.4 is 10.6 Å². The van der Waals surface area contributed by atoms with E-state index in [1.165, 1.54) is 6.07 Å². The fraction of sp³-hybridized carbons (Fsp3) is 0.333. The molecule has 0 aliphatic carbocycles. The lowest BCUT2D eigenvalue weighted by Gasteiger charge is -2.04. The molecule has 0 radical (unpaired) electrons. The summed E-state index contributed by atoms with van der Waals surface area (Å²) in [6.07, 6.45) is 4.39. The predicted octanol–water partition coefficient (Wildman–Crippen LogP) is 2.52. The van der Waals surface area contributed by atoms with Crippen LogP contribution >= 0.6 is 0 Å². The van der Waals surface area contributed by atoms with Crippen molar-refractivity contribution in [3.8, 4) is 5.75 Å². The Kier molecular flexibility index (Phi) is 5.53. The van der Waals surface area contributed by atoms with Crippen LogP contribution in [0, 0.1) is 5.82 Å². The summed E-state index contributed by atoms with van der Waals surface area (Å²) in [6.45, 7) is 2.73. The summed E-state index contributed by atoms with van der Waals surface area (Å²) in [5, 5.41) is 0. The molecule has 0 bridgehead atoms. The summed E-state index contributed by atoms with van der Waals surface area (Å²) >= 11 is 0. The van der Waals surface area contributed by atoms with Gasteiger partial charge < -0.3 is 9.57 Å². The molecule has 3 nitrogen and oxygen atoms in total. The summed E-state index contributed by atoms with van der Waals surface area (Å²) in [5.41, 5.74) is 0.790. The molecule has 1 aromatic carbocycles. The summed E-state index contributed by atoms with van der Waals surface area (Å²) < 4.78 is 18.5. The topological polar surface area (TPSA) is 44.5 Å². The van der Waals surface area contributed by atoms with Crippen molar-refractivity contribution in [2.24, 2.45) is 5.90 Å². The first-order valence-corrected chi connectivity index (χ1v) is 5.18. The van der Waals surface area contributed by atoms with Gasteiger partial charge in [0, 0.05) is 0 Å². The molecule has 0 spiro atoms. The molecule has 0 heterocycles. The first kappa shape index (κ1) is 12.7. The highest BCUT2D eigenvalue weighted by molar-refractivity contribution is 5.50. The van der Waals surface area contributed by atoms with E-state index >= 15 is 0 Å². The molecule has 4 heteroatoms. The third-order valence-electron chi connectivity index (χ3n) is 1.97. The molecular weight excluding hydrogens is 209 g/mol. The van der Waals surface area contributed by atoms with Crippen LogP contribution in [-0.4, -0.2) is 13.2 Å². The first-order valence-electron chi connectivity index (χ1n) is 5.18. The van der Waals surface area contributed by atoms with Crippen LogP contribution in [0.4, 0.5) is 4.39 Å². The second-order valence-electron chi connectivity index (χ2n) is 3.18. The first-order chi connectivity index (χ1) is 7.77. The molecule has 0 aromatic heterocycles. The van der Waals surface area contributed by atoms with Gasteiger partial charge in [0.15, 0.2) is 11.6 Å². The molecule has 0 amide bonds. The molecule has 1 aromatic rings. The van der Waals surface area contributed by atoms with E-state index in [0.29, 0.717) is 19.6 Å². The minimum atomic E-state index is -0.348. The fourth-order valence-corrected chi connectivity index (χ4v) is 1.25. The number of ether oxygens (including phenoxy) is 1. The van der Waals surface area contributed by atoms with Gasteiger partial charge in [0.1, 0.15) is 0 Å². The zero-order valence-corrected chi connectivity index (χ0v) is 9.28. The van der Waals surface area contributed by atoms with Gasteiger partial charge in [-0.05, 0) is 31.0 Å². The van der Waals surface area contributed by atoms with Gasteiger partial charge in [0.2, 0.25) is 0 Å². The maximum atomic E-state index is 13.4. The second-order valence-corrected chi connectivity index (χ2v) is 3.18. The molecule has 0 aliphatic rings. The van der Waals surface area contributed by atoms with Crippen molar-refractivity contribution >= 4 is 6.08 Å². The number of hydrogen-bond donors (Lipinski definition) is 1. The number of nitrogens with two attached hydrogens (primary N) is 1. The summed E-state index contributed by atoms with van der Waals surface area (Å²) in [6, 6.07) is 4.86. The second kappa shape index (κ2) is 6.98. The number of hydrogen-bond acceptors (Lipinski definition) is 3. The van der Waals surface area contributed by atoms with Gasteiger partial charge in [0.25, 0.3) is 0 Å². The Hall–Kier alpha value is -1.39. The van der Waals surface area contributed by atoms with Crippen molar-refractivity contribution < 1.29 is 14.0 Å². The average Bonchev–Trinajstić information content (AvgIpc) is 2.28. The highest BCUT2D eigenvalue weighted by Gasteiger charge is 2.01. The molecule has 2 N–H and O–H groups in total. The Balaban J connectivity index is 2.62. The zero-order chi connectivity index (χ0) is 11.8. The van der Waals surface area contributed by atoms with Crippen molar-refractivity contribution in [2.75, 3.05) is 13.2 Å². The number of benzene rings is 1. The van der Waals surface area contributed by atoms with Crippen molar-refractivity contribution in [3.05, 3.63) is 35.7 Å². The smallest absolute Gasteiger partial charge is 0.165 e. The zero-order valence-electron chi connectivity index (χ0n) is 9.28. The van der Waals surface area contributed by atoms with Gasteiger partial charge in [-0.25, -0.2) is 10.3 Å². The standard InChI is InChI=1S/C12H16FNO2/c1-2-15-12-7-6-10(9-11(12)13)5-3-4-8-16-14/h3,5-7,9H,2,4,8,14H2,1H3/b5-3+. The molecule has 0 fully saturated rings. The molecule has 0 unspecified atom stereocenters. The Morgan fingerprint density at radius 1 is 1.44 bits per heavy atom. The van der Waals surface area contributed by atoms with Gasteiger partial charge in [-0.2, -0.15) is 0 Å². The van der Waals surface area contributed by atoms with Crippen LogP contribution in [0.15, 0.2) is 24.3 Å². The van der Waals surface area contributed by atoms with Crippen LogP contribution in [0.1, 0.15) is 18.9 Å². The lowest BCUT2D eigenvalue weighted by molar-refractivity contribution is 0.143. The molecule has 88 valence electrons. The Morgan fingerprint density at radius 2 is 2.25 bits per heavy atom. The lowest BCUT2D eigenvalue weighted by Crippen LogP contribution is -1.98. The van der Waals surface area contributed by atoms with Crippen LogP contribution in [0.3, 0.4) is 0 Å². The van der Waals surface area contributed by atoms with E-state index < -0.39 is 0 Å². The minimum absolute atomic E-state index is 0.282. The van der Waals surface area contributed by atoms with Crippen molar-refractivity contribution in [2.45, 2.75) is 13.3 Å². The normalized spacial score (nSPS) is 10.9. The number of halogens is 1. The van der Waals surface area contributed by atoms with E-state index in [1.54, 1.807) is 12.1 Å². The maximum Gasteiger partial charge on any atom is 0.165 e. The predicted molar refractivity (Wildman–Crippen MR) is 61.4 cm³/mol. The summed E-state index contributed by atoms with van der Waals surface area (Å²) in [7, 11) is 0. The summed E-state index contributed by atoms with van der Waals surface area (Å²) in [5.74, 6) is 4.81. The monoisotopic (exact) mass is 225 g/mol. The maximum absolute atomic E-state index is 13.4. The molecule has 1 rings (SSSR count). The molecule has 16 heavy (non-hydrogen) atoms. The summed E-state index contributed by atoms with van der Waals surface area (Å²) in [4.78, 5) is 4.41. The van der Waals surface area contributed by atoms with Gasteiger partial charge >= 0.3 is 0 Å². The molecule has 0 atom stereocenters. The van der Waals surface area contributed by atoms with E-state index in [2.05, 4.69) is 4.84 Å². The van der Waals surface area contributed by atoms with Crippen LogP contribution in [0.2, 0.25) is 0 Å². The van der Waals surface area contributed by atoms with Gasteiger partial charge in [0.05, 0.1) is 13.2 Å². The van der Waals surface area contributed by atoms with Crippen LogP contribution in [0.25, 0.3) is 6.08 Å².